The Bertz CT molecular complexity index is 782. The van der Waals surface area contributed by atoms with E-state index < -0.39 is 0 Å². The van der Waals surface area contributed by atoms with Gasteiger partial charge in [0.2, 0.25) is 0 Å². The summed E-state index contributed by atoms with van der Waals surface area (Å²) in [6.45, 7) is 16.9. The molecule has 1 N–H and O–H groups in total. The normalized spacial score (nSPS) is 37.7. The molecule has 2 saturated carbocycles. The number of ether oxygens (including phenoxy) is 1. The molecule has 4 aliphatic carbocycles. The van der Waals surface area contributed by atoms with Crippen molar-refractivity contribution in [3.05, 3.63) is 23.3 Å². The van der Waals surface area contributed by atoms with Crippen molar-refractivity contribution in [1.82, 2.24) is 0 Å². The largest absolute Gasteiger partial charge is 0.466 e. The van der Waals surface area contributed by atoms with Crippen LogP contribution in [0.3, 0.4) is 0 Å². The lowest BCUT2D eigenvalue weighted by Gasteiger charge is -2.44. The molecule has 0 aromatic heterocycles. The second-order valence-electron chi connectivity index (χ2n) is 12.9. The van der Waals surface area contributed by atoms with Crippen LogP contribution in [0.15, 0.2) is 23.3 Å². The van der Waals surface area contributed by atoms with Crippen LogP contribution in [0.5, 0.6) is 0 Å². The average Bonchev–Trinajstić information content (AvgIpc) is 3.33. The predicted molar refractivity (Wildman–Crippen MR) is 146 cm³/mol. The van der Waals surface area contributed by atoms with Crippen molar-refractivity contribution in [2.45, 2.75) is 113 Å². The topological polar surface area (TPSA) is 46.5 Å². The number of allylic oxidation sites excluding steroid dienone is 4. The molecule has 0 amide bonds. The maximum Gasteiger partial charge on any atom is 0.306 e. The minimum Gasteiger partial charge on any atom is -0.466 e. The van der Waals surface area contributed by atoms with Gasteiger partial charge in [-0.3, -0.25) is 4.79 Å². The smallest absolute Gasteiger partial charge is 0.306 e. The van der Waals surface area contributed by atoms with Crippen molar-refractivity contribution < 1.29 is 14.6 Å². The summed E-state index contributed by atoms with van der Waals surface area (Å²) in [5.74, 6) is 4.23. The lowest BCUT2D eigenvalue weighted by molar-refractivity contribution is -0.143. The first-order valence-electron chi connectivity index (χ1n) is 14.8. The van der Waals surface area contributed by atoms with Gasteiger partial charge in [-0.1, -0.05) is 90.5 Å². The van der Waals surface area contributed by atoms with Crippen LogP contribution in [0.4, 0.5) is 0 Å². The van der Waals surface area contributed by atoms with Crippen LogP contribution in [-0.2, 0) is 9.53 Å². The van der Waals surface area contributed by atoms with Crippen LogP contribution >= 0.6 is 0 Å². The third-order valence-electron chi connectivity index (χ3n) is 10.6. The molecule has 3 nitrogen and oxygen atoms in total. The summed E-state index contributed by atoms with van der Waals surface area (Å²) < 4.78 is 5.10. The Labute approximate surface area is 216 Å². The Morgan fingerprint density at radius 1 is 0.971 bits per heavy atom. The van der Waals surface area contributed by atoms with Gasteiger partial charge in [-0.15, -0.1) is 0 Å². The molecule has 0 aliphatic heterocycles. The molecule has 0 aromatic carbocycles. The van der Waals surface area contributed by atoms with Crippen molar-refractivity contribution >= 4 is 5.97 Å². The van der Waals surface area contributed by atoms with Gasteiger partial charge in [-0.05, 0) is 85.4 Å². The van der Waals surface area contributed by atoms with E-state index in [0.717, 1.165) is 30.1 Å². The summed E-state index contributed by atoms with van der Waals surface area (Å²) in [5.41, 5.74) is 3.96. The van der Waals surface area contributed by atoms with E-state index in [1.54, 1.807) is 5.57 Å². The molecule has 3 heteroatoms. The maximum atomic E-state index is 11.7. The molecule has 4 aliphatic rings. The van der Waals surface area contributed by atoms with Crippen LogP contribution in [-0.4, -0.2) is 24.3 Å². The van der Waals surface area contributed by atoms with E-state index in [2.05, 4.69) is 53.7 Å². The zero-order valence-corrected chi connectivity index (χ0v) is 23.9. The van der Waals surface area contributed by atoms with Gasteiger partial charge in [0.05, 0.1) is 13.0 Å². The zero-order chi connectivity index (χ0) is 25.8. The first-order chi connectivity index (χ1) is 16.6. The number of fused-ring (bicyclic) bond motifs is 2. The number of carbonyl (C=O) groups is 1. The van der Waals surface area contributed by atoms with E-state index >= 15 is 0 Å². The fraction of sp³-hybridized carbons (Fsp3) is 0.844. The van der Waals surface area contributed by atoms with Crippen LogP contribution in [0.25, 0.3) is 0 Å². The van der Waals surface area contributed by atoms with E-state index in [0.29, 0.717) is 42.3 Å². The van der Waals surface area contributed by atoms with Gasteiger partial charge in [-0.25, -0.2) is 0 Å². The highest BCUT2D eigenvalue weighted by Crippen LogP contribution is 2.57. The summed E-state index contributed by atoms with van der Waals surface area (Å²) in [5, 5.41) is 9.10. The Morgan fingerprint density at radius 3 is 1.91 bits per heavy atom. The van der Waals surface area contributed by atoms with E-state index in [9.17, 15) is 4.79 Å². The van der Waals surface area contributed by atoms with Gasteiger partial charge in [-0.2, -0.15) is 0 Å². The fourth-order valence-corrected chi connectivity index (χ4v) is 8.74. The molecule has 200 valence electrons. The van der Waals surface area contributed by atoms with Gasteiger partial charge in [0.1, 0.15) is 0 Å². The highest BCUT2D eigenvalue weighted by Gasteiger charge is 2.48. The van der Waals surface area contributed by atoms with Gasteiger partial charge in [0.15, 0.2) is 0 Å². The first-order valence-corrected chi connectivity index (χ1v) is 14.8. The molecule has 4 rings (SSSR count). The minimum atomic E-state index is -0.0493. The standard InChI is InChI=1S/C17H28O2.C15H26O/c1-5-19-16(18)11-13(3)15-9-8-14-12(2)7-6-10-17(14,15)4;1-11-5-4-9-15(3)13(11)6-7-14(15)12(2)8-10-16/h9,12-14H,5-8,10-11H2,1-4H3;7,11-13,16H,4-6,8-10H2,1-3H3/t12-,13-,14+,17+;11-,12-,13+,15+/m11/s1. The number of hydrogen-bond acceptors (Lipinski definition) is 3. The number of aliphatic hydroxyl groups excluding tert-OH is 1. The quantitative estimate of drug-likeness (QED) is 0.292. The monoisotopic (exact) mass is 486 g/mol. The molecule has 0 bridgehead atoms. The van der Waals surface area contributed by atoms with Crippen molar-refractivity contribution in [2.75, 3.05) is 13.2 Å². The third-order valence-corrected chi connectivity index (χ3v) is 10.6. The molecule has 0 saturated heterocycles. The molecule has 0 radical (unpaired) electrons. The average molecular weight is 487 g/mol. The van der Waals surface area contributed by atoms with E-state index in [4.69, 9.17) is 9.84 Å². The Morgan fingerprint density at radius 2 is 1.46 bits per heavy atom. The minimum absolute atomic E-state index is 0.0493. The first kappa shape index (κ1) is 28.5. The Kier molecular flexibility index (Phi) is 9.74. The fourth-order valence-electron chi connectivity index (χ4n) is 8.74. The summed E-state index contributed by atoms with van der Waals surface area (Å²) in [6.07, 6.45) is 17.0. The predicted octanol–water partition coefficient (Wildman–Crippen LogP) is 8.13. The van der Waals surface area contributed by atoms with Crippen molar-refractivity contribution in [3.63, 3.8) is 0 Å². The second-order valence-corrected chi connectivity index (χ2v) is 12.9. The molecular formula is C32H54O3. The number of hydrogen-bond donors (Lipinski definition) is 1. The van der Waals surface area contributed by atoms with Crippen molar-refractivity contribution in [2.24, 2.45) is 46.3 Å². The second kappa shape index (κ2) is 12.0. The summed E-state index contributed by atoms with van der Waals surface area (Å²) in [4.78, 5) is 11.7. The van der Waals surface area contributed by atoms with Gasteiger partial charge in [0, 0.05) is 6.61 Å². The highest BCUT2D eigenvalue weighted by molar-refractivity contribution is 5.70. The van der Waals surface area contributed by atoms with Crippen LogP contribution < -0.4 is 0 Å². The molecule has 0 unspecified atom stereocenters. The van der Waals surface area contributed by atoms with Crippen LogP contribution in [0, 0.1) is 46.3 Å². The lowest BCUT2D eigenvalue weighted by Crippen LogP contribution is -2.35. The summed E-state index contributed by atoms with van der Waals surface area (Å²) in [7, 11) is 0. The molecule has 35 heavy (non-hydrogen) atoms. The zero-order valence-electron chi connectivity index (χ0n) is 23.9. The molecule has 8 atom stereocenters. The molecule has 2 fully saturated rings. The highest BCUT2D eigenvalue weighted by atomic mass is 16.5. The van der Waals surface area contributed by atoms with E-state index in [1.165, 1.54) is 56.9 Å². The van der Waals surface area contributed by atoms with E-state index in [1.807, 2.05) is 6.92 Å². The van der Waals surface area contributed by atoms with Gasteiger partial charge >= 0.3 is 5.97 Å². The summed E-state index contributed by atoms with van der Waals surface area (Å²) >= 11 is 0. The summed E-state index contributed by atoms with van der Waals surface area (Å²) in [6, 6.07) is 0. The van der Waals surface area contributed by atoms with Crippen LogP contribution in [0.1, 0.15) is 113 Å². The van der Waals surface area contributed by atoms with Crippen molar-refractivity contribution in [3.8, 4) is 0 Å². The number of rotatable bonds is 7. The number of esters is 1. The maximum absolute atomic E-state index is 11.7. The van der Waals surface area contributed by atoms with Gasteiger partial charge in [0.25, 0.3) is 0 Å². The van der Waals surface area contributed by atoms with Gasteiger partial charge < -0.3 is 9.84 Å². The molecular weight excluding hydrogens is 432 g/mol. The lowest BCUT2D eigenvalue weighted by atomic mass is 9.60. The SMILES string of the molecule is CCOC(=O)C[C@@H](C)C1=CC[C@H]2[C@H](C)CCC[C@]12C.C[C@H](CCO)C1=CC[C@H]2[C@H](C)CCC[C@]12C. The Hall–Kier alpha value is -1.09. The van der Waals surface area contributed by atoms with E-state index in [-0.39, 0.29) is 5.97 Å². The number of aliphatic hydroxyl groups is 1. The number of carbonyl (C=O) groups excluding carboxylic acids is 1. The third kappa shape index (κ3) is 5.91. The molecule has 0 aromatic rings. The van der Waals surface area contributed by atoms with Crippen molar-refractivity contribution in [1.29, 1.82) is 0 Å². The molecule has 0 spiro atoms. The molecule has 0 heterocycles. The van der Waals surface area contributed by atoms with Crippen LogP contribution in [0.2, 0.25) is 0 Å². The Balaban J connectivity index is 0.000000198.